The molecular formula is C25H22N2. The van der Waals surface area contributed by atoms with Crippen molar-refractivity contribution >= 4 is 16.5 Å². The van der Waals surface area contributed by atoms with Crippen LogP contribution in [-0.2, 0) is 0 Å². The van der Waals surface area contributed by atoms with Gasteiger partial charge in [-0.05, 0) is 60.8 Å². The zero-order valence-corrected chi connectivity index (χ0v) is 15.5. The van der Waals surface area contributed by atoms with Crippen molar-refractivity contribution in [2.24, 2.45) is 0 Å². The molecule has 0 spiro atoms. The first-order valence-corrected chi connectivity index (χ1v) is 9.27. The summed E-state index contributed by atoms with van der Waals surface area (Å²) in [5.74, 6) is 0. The molecule has 0 atom stereocenters. The summed E-state index contributed by atoms with van der Waals surface area (Å²) in [6.07, 6.45) is 10.8. The van der Waals surface area contributed by atoms with Crippen molar-refractivity contribution in [3.8, 4) is 11.4 Å². The fraction of sp³-hybridized carbons (Fsp3) is 0.120. The number of allylic oxidation sites excluding steroid dienone is 7. The molecule has 1 aromatic carbocycles. The van der Waals surface area contributed by atoms with Crippen LogP contribution in [0.4, 0.5) is 0 Å². The van der Waals surface area contributed by atoms with Crippen LogP contribution in [0.15, 0.2) is 96.6 Å². The van der Waals surface area contributed by atoms with Gasteiger partial charge in [-0.1, -0.05) is 61.2 Å². The van der Waals surface area contributed by atoms with Crippen LogP contribution in [0.3, 0.4) is 0 Å². The lowest BCUT2D eigenvalue weighted by Gasteiger charge is -2.09. The van der Waals surface area contributed by atoms with Crippen molar-refractivity contribution in [1.82, 2.24) is 9.97 Å². The average Bonchev–Trinajstić information content (AvgIpc) is 2.72. The molecule has 2 nitrogen and oxygen atoms in total. The van der Waals surface area contributed by atoms with Crippen LogP contribution in [0.1, 0.15) is 25.5 Å². The van der Waals surface area contributed by atoms with Gasteiger partial charge < -0.3 is 0 Å². The number of rotatable bonds is 4. The van der Waals surface area contributed by atoms with E-state index in [0.29, 0.717) is 0 Å². The predicted molar refractivity (Wildman–Crippen MR) is 114 cm³/mol. The van der Waals surface area contributed by atoms with Gasteiger partial charge in [0.1, 0.15) is 0 Å². The molecule has 0 N–H and O–H groups in total. The number of benzene rings is 1. The summed E-state index contributed by atoms with van der Waals surface area (Å²) in [5.41, 5.74) is 7.20. The highest BCUT2D eigenvalue weighted by Gasteiger charge is 2.06. The minimum Gasteiger partial charge on any atom is -0.246 e. The number of hydrogen-bond acceptors (Lipinski definition) is 2. The fourth-order valence-corrected chi connectivity index (χ4v) is 3.27. The van der Waals surface area contributed by atoms with Crippen molar-refractivity contribution < 1.29 is 0 Å². The van der Waals surface area contributed by atoms with E-state index in [2.05, 4.69) is 49.9 Å². The Kier molecular flexibility index (Phi) is 4.80. The van der Waals surface area contributed by atoms with Gasteiger partial charge >= 0.3 is 0 Å². The molecule has 0 amide bonds. The van der Waals surface area contributed by atoms with E-state index in [1.165, 1.54) is 11.1 Å². The molecule has 2 heterocycles. The molecule has 27 heavy (non-hydrogen) atoms. The lowest BCUT2D eigenvalue weighted by molar-refractivity contribution is 0.969. The Morgan fingerprint density at radius 1 is 0.963 bits per heavy atom. The SMILES string of the molecule is C=C(/C=C\C1=C(C)C=CCC1)c1cccc(-c2ccc3ccccc3n2)n1. The molecule has 0 aliphatic heterocycles. The van der Waals surface area contributed by atoms with E-state index in [1.807, 2.05) is 42.5 Å². The molecule has 3 aromatic rings. The van der Waals surface area contributed by atoms with Gasteiger partial charge in [0.2, 0.25) is 0 Å². The molecule has 0 bridgehead atoms. The van der Waals surface area contributed by atoms with E-state index in [-0.39, 0.29) is 0 Å². The Morgan fingerprint density at radius 3 is 2.70 bits per heavy atom. The van der Waals surface area contributed by atoms with Crippen LogP contribution >= 0.6 is 0 Å². The van der Waals surface area contributed by atoms with E-state index in [1.54, 1.807) is 0 Å². The number of aromatic nitrogens is 2. The normalized spacial score (nSPS) is 14.3. The topological polar surface area (TPSA) is 25.8 Å². The number of nitrogens with zero attached hydrogens (tertiary/aromatic N) is 2. The Balaban J connectivity index is 1.61. The van der Waals surface area contributed by atoms with E-state index in [4.69, 9.17) is 9.97 Å². The van der Waals surface area contributed by atoms with Gasteiger partial charge in [-0.15, -0.1) is 0 Å². The first kappa shape index (κ1) is 17.2. The summed E-state index contributed by atoms with van der Waals surface area (Å²) in [6, 6.07) is 18.3. The molecule has 4 rings (SSSR count). The first-order valence-electron chi connectivity index (χ1n) is 9.27. The van der Waals surface area contributed by atoms with Gasteiger partial charge in [0.15, 0.2) is 0 Å². The minimum atomic E-state index is 0.865. The maximum Gasteiger partial charge on any atom is 0.0894 e. The molecule has 2 aromatic heterocycles. The van der Waals surface area contributed by atoms with Gasteiger partial charge in [0, 0.05) is 5.39 Å². The summed E-state index contributed by atoms with van der Waals surface area (Å²) in [5, 5.41) is 1.13. The lowest BCUT2D eigenvalue weighted by Crippen LogP contribution is -1.93. The van der Waals surface area contributed by atoms with Gasteiger partial charge in [-0.25, -0.2) is 9.97 Å². The number of para-hydroxylation sites is 1. The smallest absolute Gasteiger partial charge is 0.0894 e. The van der Waals surface area contributed by atoms with E-state index in [0.717, 1.165) is 46.4 Å². The summed E-state index contributed by atoms with van der Waals surface area (Å²) >= 11 is 0. The van der Waals surface area contributed by atoms with Crippen LogP contribution in [0.5, 0.6) is 0 Å². The second kappa shape index (κ2) is 7.55. The molecule has 0 fully saturated rings. The third-order valence-electron chi connectivity index (χ3n) is 4.88. The van der Waals surface area contributed by atoms with Gasteiger partial charge in [-0.3, -0.25) is 0 Å². The highest BCUT2D eigenvalue weighted by molar-refractivity contribution is 5.81. The zero-order chi connectivity index (χ0) is 18.6. The fourth-order valence-electron chi connectivity index (χ4n) is 3.27. The van der Waals surface area contributed by atoms with Gasteiger partial charge in [0.25, 0.3) is 0 Å². The lowest BCUT2D eigenvalue weighted by atomic mass is 9.97. The van der Waals surface area contributed by atoms with Crippen LogP contribution in [0, 0.1) is 0 Å². The van der Waals surface area contributed by atoms with Crippen LogP contribution in [0.25, 0.3) is 27.9 Å². The Bertz CT molecular complexity index is 1100. The molecule has 0 saturated heterocycles. The third-order valence-corrected chi connectivity index (χ3v) is 4.88. The molecule has 1 aliphatic rings. The number of fused-ring (bicyclic) bond motifs is 1. The molecular weight excluding hydrogens is 328 g/mol. The Hall–Kier alpha value is -3.26. The average molecular weight is 350 g/mol. The molecule has 2 heteroatoms. The predicted octanol–water partition coefficient (Wildman–Crippen LogP) is 6.53. The van der Waals surface area contributed by atoms with E-state index >= 15 is 0 Å². The summed E-state index contributed by atoms with van der Waals surface area (Å²) in [6.45, 7) is 6.36. The standard InChI is InChI=1S/C25H22N2/c1-18-8-3-4-9-20(18)15-14-19(2)22-12-7-13-24(26-22)25-17-16-21-10-5-6-11-23(21)27-25/h3,5-8,10-17H,2,4,9H2,1H3/b15-14-. The quantitative estimate of drug-likeness (QED) is 0.500. The van der Waals surface area contributed by atoms with E-state index < -0.39 is 0 Å². The first-order chi connectivity index (χ1) is 13.2. The maximum atomic E-state index is 4.79. The van der Waals surface area contributed by atoms with Crippen molar-refractivity contribution in [1.29, 1.82) is 0 Å². The van der Waals surface area contributed by atoms with Crippen LogP contribution in [-0.4, -0.2) is 9.97 Å². The van der Waals surface area contributed by atoms with Crippen LogP contribution in [0.2, 0.25) is 0 Å². The van der Waals surface area contributed by atoms with Crippen molar-refractivity contribution in [2.45, 2.75) is 19.8 Å². The van der Waals surface area contributed by atoms with Gasteiger partial charge in [0.05, 0.1) is 22.6 Å². The molecule has 1 aliphatic carbocycles. The Labute approximate surface area is 160 Å². The van der Waals surface area contributed by atoms with Crippen molar-refractivity contribution in [2.75, 3.05) is 0 Å². The second-order valence-electron chi connectivity index (χ2n) is 6.81. The number of pyridine rings is 2. The summed E-state index contributed by atoms with van der Waals surface area (Å²) in [4.78, 5) is 9.54. The third kappa shape index (κ3) is 3.80. The summed E-state index contributed by atoms with van der Waals surface area (Å²) < 4.78 is 0. The monoisotopic (exact) mass is 350 g/mol. The minimum absolute atomic E-state index is 0.865. The maximum absolute atomic E-state index is 4.79. The zero-order valence-electron chi connectivity index (χ0n) is 15.5. The van der Waals surface area contributed by atoms with Gasteiger partial charge in [-0.2, -0.15) is 0 Å². The highest BCUT2D eigenvalue weighted by Crippen LogP contribution is 2.23. The molecule has 0 unspecified atom stereocenters. The number of hydrogen-bond donors (Lipinski definition) is 0. The largest absolute Gasteiger partial charge is 0.246 e. The van der Waals surface area contributed by atoms with Crippen molar-refractivity contribution in [3.05, 3.63) is 102 Å². The molecule has 0 radical (unpaired) electrons. The second-order valence-corrected chi connectivity index (χ2v) is 6.81. The van der Waals surface area contributed by atoms with Crippen molar-refractivity contribution in [3.63, 3.8) is 0 Å². The Morgan fingerprint density at radius 2 is 1.81 bits per heavy atom. The molecule has 0 saturated carbocycles. The summed E-state index contributed by atoms with van der Waals surface area (Å²) in [7, 11) is 0. The molecule has 132 valence electrons. The highest BCUT2D eigenvalue weighted by atomic mass is 14.8. The van der Waals surface area contributed by atoms with Crippen LogP contribution < -0.4 is 0 Å². The van der Waals surface area contributed by atoms with E-state index in [9.17, 15) is 0 Å².